The Morgan fingerprint density at radius 3 is 2.36 bits per heavy atom. The Balaban J connectivity index is 1.45. The molecule has 0 aliphatic carbocycles. The average molecular weight is 381 g/mol. The van der Waals surface area contributed by atoms with Crippen molar-refractivity contribution in [2.24, 2.45) is 0 Å². The van der Waals surface area contributed by atoms with Crippen LogP contribution in [0.15, 0.2) is 36.4 Å². The Kier molecular flexibility index (Phi) is 4.89. The van der Waals surface area contributed by atoms with Crippen molar-refractivity contribution in [1.29, 1.82) is 0 Å². The topological polar surface area (TPSA) is 62.8 Å². The van der Waals surface area contributed by atoms with E-state index in [0.717, 1.165) is 66.4 Å². The van der Waals surface area contributed by atoms with Crippen LogP contribution in [-0.4, -0.2) is 43.8 Å². The van der Waals surface area contributed by atoms with Gasteiger partial charge in [-0.2, -0.15) is 0 Å². The molecular weight excluding hydrogens is 354 g/mol. The fourth-order valence-electron chi connectivity index (χ4n) is 4.20. The van der Waals surface area contributed by atoms with Crippen LogP contribution in [0, 0.1) is 6.92 Å². The third-order valence-electron chi connectivity index (χ3n) is 5.75. The number of likely N-dealkylation sites (tertiary alicyclic amines) is 1. The summed E-state index contributed by atoms with van der Waals surface area (Å²) in [5.74, 6) is 1.63. The van der Waals surface area contributed by atoms with Gasteiger partial charge in [0.15, 0.2) is 0 Å². The molecule has 4 rings (SSSR count). The molecule has 1 spiro atoms. The second-order valence-electron chi connectivity index (χ2n) is 7.66. The number of nitrogens with zero attached hydrogens (tertiary/aromatic N) is 1. The van der Waals surface area contributed by atoms with Gasteiger partial charge in [-0.1, -0.05) is 12.1 Å². The lowest BCUT2D eigenvalue weighted by Crippen LogP contribution is -2.62. The number of benzene rings is 2. The van der Waals surface area contributed by atoms with Crippen molar-refractivity contribution in [3.8, 4) is 11.5 Å². The lowest BCUT2D eigenvalue weighted by molar-refractivity contribution is 0.0821. The van der Waals surface area contributed by atoms with Crippen molar-refractivity contribution in [3.05, 3.63) is 53.1 Å². The first-order valence-corrected chi connectivity index (χ1v) is 9.66. The van der Waals surface area contributed by atoms with Gasteiger partial charge in [-0.05, 0) is 36.2 Å². The smallest absolute Gasteiger partial charge is 0.255 e. The number of rotatable bonds is 4. The molecule has 0 atom stereocenters. The maximum Gasteiger partial charge on any atom is 0.255 e. The van der Waals surface area contributed by atoms with Gasteiger partial charge in [0, 0.05) is 44.2 Å². The predicted molar refractivity (Wildman–Crippen MR) is 109 cm³/mol. The molecule has 2 N–H and O–H groups in total. The molecule has 0 aromatic heterocycles. The number of piperidine rings is 1. The number of carbonyl (C=O) groups is 1. The third-order valence-corrected chi connectivity index (χ3v) is 5.75. The van der Waals surface area contributed by atoms with E-state index < -0.39 is 0 Å². The van der Waals surface area contributed by atoms with Gasteiger partial charge in [0.25, 0.3) is 5.91 Å². The number of ether oxygens (including phenoxy) is 2. The van der Waals surface area contributed by atoms with Crippen LogP contribution in [0.5, 0.6) is 11.5 Å². The number of carbonyl (C=O) groups excluding carboxylic acids is 1. The SMILES string of the molecule is COc1cc(CN2CCC3(CC2)NC(=O)c2c(C)cccc2N3)cc(OC)c1. The second-order valence-corrected chi connectivity index (χ2v) is 7.66. The first kappa shape index (κ1) is 18.6. The molecule has 6 heteroatoms. The normalized spacial score (nSPS) is 18.2. The van der Waals surface area contributed by atoms with E-state index in [1.54, 1.807) is 14.2 Å². The molecule has 1 saturated heterocycles. The summed E-state index contributed by atoms with van der Waals surface area (Å²) in [5, 5.41) is 6.84. The summed E-state index contributed by atoms with van der Waals surface area (Å²) in [6.07, 6.45) is 1.71. The largest absolute Gasteiger partial charge is 0.497 e. The van der Waals surface area contributed by atoms with Crippen LogP contribution >= 0.6 is 0 Å². The van der Waals surface area contributed by atoms with E-state index in [4.69, 9.17) is 9.47 Å². The molecule has 0 radical (unpaired) electrons. The van der Waals surface area contributed by atoms with E-state index in [0.29, 0.717) is 0 Å². The Labute approximate surface area is 165 Å². The molecule has 2 aliphatic rings. The van der Waals surface area contributed by atoms with Crippen LogP contribution in [0.3, 0.4) is 0 Å². The van der Waals surface area contributed by atoms with E-state index in [9.17, 15) is 4.79 Å². The summed E-state index contributed by atoms with van der Waals surface area (Å²) in [6, 6.07) is 12.0. The summed E-state index contributed by atoms with van der Waals surface area (Å²) in [5.41, 5.74) is 3.50. The van der Waals surface area contributed by atoms with Crippen LogP contribution in [0.4, 0.5) is 5.69 Å². The summed E-state index contributed by atoms with van der Waals surface area (Å²) in [7, 11) is 3.33. The summed E-state index contributed by atoms with van der Waals surface area (Å²) in [4.78, 5) is 15.1. The van der Waals surface area contributed by atoms with Gasteiger partial charge in [-0.25, -0.2) is 0 Å². The molecule has 148 valence electrons. The van der Waals surface area contributed by atoms with Crippen LogP contribution in [0.1, 0.15) is 34.3 Å². The molecule has 1 amide bonds. The minimum absolute atomic E-state index is 0.0258. The number of hydrogen-bond donors (Lipinski definition) is 2. The molecule has 2 aliphatic heterocycles. The lowest BCUT2D eigenvalue weighted by atomic mass is 9.91. The Morgan fingerprint density at radius 1 is 1.04 bits per heavy atom. The van der Waals surface area contributed by atoms with Crippen molar-refractivity contribution in [3.63, 3.8) is 0 Å². The molecule has 2 heterocycles. The summed E-state index contributed by atoms with van der Waals surface area (Å²) < 4.78 is 10.8. The van der Waals surface area contributed by atoms with Gasteiger partial charge in [0.2, 0.25) is 0 Å². The number of nitrogens with one attached hydrogen (secondary N) is 2. The number of aryl methyl sites for hydroxylation is 1. The van der Waals surface area contributed by atoms with Crippen molar-refractivity contribution < 1.29 is 14.3 Å². The highest BCUT2D eigenvalue weighted by Crippen LogP contribution is 2.33. The minimum atomic E-state index is -0.361. The van der Waals surface area contributed by atoms with E-state index in [-0.39, 0.29) is 11.6 Å². The fraction of sp³-hybridized carbons (Fsp3) is 0.409. The number of hydrogen-bond acceptors (Lipinski definition) is 5. The monoisotopic (exact) mass is 381 g/mol. The van der Waals surface area contributed by atoms with Gasteiger partial charge in [0.1, 0.15) is 17.2 Å². The molecule has 28 heavy (non-hydrogen) atoms. The summed E-state index contributed by atoms with van der Waals surface area (Å²) in [6.45, 7) is 4.60. The first-order chi connectivity index (χ1) is 13.5. The molecule has 0 saturated carbocycles. The van der Waals surface area contributed by atoms with Crippen LogP contribution in [0.25, 0.3) is 0 Å². The molecule has 0 bridgehead atoms. The Bertz CT molecular complexity index is 866. The van der Waals surface area contributed by atoms with Crippen molar-refractivity contribution >= 4 is 11.6 Å². The standard InChI is InChI=1S/C22H27N3O3/c1-15-5-4-6-19-20(15)21(26)24-22(23-19)7-9-25(10-8-22)14-16-11-17(27-2)13-18(12-16)28-3/h4-6,11-13,23H,7-10,14H2,1-3H3,(H,24,26). The zero-order chi connectivity index (χ0) is 19.7. The molecule has 2 aromatic rings. The highest BCUT2D eigenvalue weighted by Gasteiger charge is 2.40. The quantitative estimate of drug-likeness (QED) is 0.852. The molecule has 1 fully saturated rings. The minimum Gasteiger partial charge on any atom is -0.497 e. The van der Waals surface area contributed by atoms with Crippen molar-refractivity contribution in [2.75, 3.05) is 32.6 Å². The molecule has 0 unspecified atom stereocenters. The zero-order valence-electron chi connectivity index (χ0n) is 16.7. The average Bonchev–Trinajstić information content (AvgIpc) is 2.69. The van der Waals surface area contributed by atoms with E-state index in [1.165, 1.54) is 0 Å². The Morgan fingerprint density at radius 2 is 1.71 bits per heavy atom. The first-order valence-electron chi connectivity index (χ1n) is 9.66. The highest BCUT2D eigenvalue weighted by molar-refractivity contribution is 6.03. The zero-order valence-corrected chi connectivity index (χ0v) is 16.7. The molecular formula is C22H27N3O3. The van der Waals surface area contributed by atoms with E-state index in [1.807, 2.05) is 43.3 Å². The van der Waals surface area contributed by atoms with Gasteiger partial charge < -0.3 is 20.1 Å². The van der Waals surface area contributed by atoms with E-state index in [2.05, 4.69) is 15.5 Å². The van der Waals surface area contributed by atoms with Crippen molar-refractivity contribution in [1.82, 2.24) is 10.2 Å². The second kappa shape index (κ2) is 7.36. The summed E-state index contributed by atoms with van der Waals surface area (Å²) >= 11 is 0. The van der Waals surface area contributed by atoms with Crippen LogP contribution < -0.4 is 20.1 Å². The predicted octanol–water partition coefficient (Wildman–Crippen LogP) is 3.16. The maximum absolute atomic E-state index is 12.7. The van der Waals surface area contributed by atoms with Gasteiger partial charge in [-0.15, -0.1) is 0 Å². The van der Waals surface area contributed by atoms with Gasteiger partial charge in [-0.3, -0.25) is 9.69 Å². The lowest BCUT2D eigenvalue weighted by Gasteiger charge is -2.46. The number of fused-ring (bicyclic) bond motifs is 1. The van der Waals surface area contributed by atoms with Gasteiger partial charge >= 0.3 is 0 Å². The third kappa shape index (κ3) is 3.52. The highest BCUT2D eigenvalue weighted by atomic mass is 16.5. The van der Waals surface area contributed by atoms with Crippen LogP contribution in [-0.2, 0) is 6.54 Å². The van der Waals surface area contributed by atoms with E-state index >= 15 is 0 Å². The number of methoxy groups -OCH3 is 2. The number of amides is 1. The maximum atomic E-state index is 12.7. The fourth-order valence-corrected chi connectivity index (χ4v) is 4.20. The van der Waals surface area contributed by atoms with Crippen molar-refractivity contribution in [2.45, 2.75) is 32.0 Å². The number of anilines is 1. The van der Waals surface area contributed by atoms with Crippen LogP contribution in [0.2, 0.25) is 0 Å². The van der Waals surface area contributed by atoms with Gasteiger partial charge in [0.05, 0.1) is 19.8 Å². The Hall–Kier alpha value is -2.73. The molecule has 6 nitrogen and oxygen atoms in total. The molecule has 2 aromatic carbocycles.